The molecule has 1 heterocycles. The molecule has 0 saturated carbocycles. The summed E-state index contributed by atoms with van der Waals surface area (Å²) in [5, 5.41) is 14.9. The van der Waals surface area contributed by atoms with E-state index in [9.17, 15) is 14.7 Å². The summed E-state index contributed by atoms with van der Waals surface area (Å²) in [7, 11) is 1.22. The van der Waals surface area contributed by atoms with Crippen molar-refractivity contribution in [3.05, 3.63) is 0 Å². The molecule has 3 N–H and O–H groups in total. The zero-order valence-electron chi connectivity index (χ0n) is 9.53. The van der Waals surface area contributed by atoms with Crippen molar-refractivity contribution < 1.29 is 19.4 Å². The molecule has 0 aromatic heterocycles. The van der Waals surface area contributed by atoms with Gasteiger partial charge in [-0.25, -0.2) is 4.79 Å². The average Bonchev–Trinajstić information content (AvgIpc) is 2.77. The van der Waals surface area contributed by atoms with E-state index in [4.69, 9.17) is 0 Å². The molecule has 3 atom stereocenters. The Kier molecular flexibility index (Phi) is 4.70. The molecule has 0 aliphatic carbocycles. The summed E-state index contributed by atoms with van der Waals surface area (Å²) in [6.07, 6.45) is 0.715. The third kappa shape index (κ3) is 3.18. The summed E-state index contributed by atoms with van der Waals surface area (Å²) in [6.45, 7) is 2.24. The first-order chi connectivity index (χ1) is 7.56. The number of rotatable bonds is 4. The number of aliphatic hydroxyl groups excluding tert-OH is 1. The van der Waals surface area contributed by atoms with Crippen LogP contribution >= 0.6 is 0 Å². The number of ether oxygens (including phenoxy) is 1. The maximum atomic E-state index is 11.7. The first kappa shape index (κ1) is 12.9. The van der Waals surface area contributed by atoms with Crippen LogP contribution in [0.3, 0.4) is 0 Å². The van der Waals surface area contributed by atoms with Gasteiger partial charge >= 0.3 is 5.97 Å². The molecular weight excluding hydrogens is 212 g/mol. The number of aliphatic hydroxyl groups is 1. The molecule has 0 bridgehead atoms. The summed E-state index contributed by atoms with van der Waals surface area (Å²) in [5.74, 6) is -0.907. The second-order valence-electron chi connectivity index (χ2n) is 3.90. The fourth-order valence-corrected chi connectivity index (χ4v) is 1.67. The summed E-state index contributed by atoms with van der Waals surface area (Å²) in [5.41, 5.74) is 0. The third-order valence-electron chi connectivity index (χ3n) is 2.61. The maximum Gasteiger partial charge on any atom is 0.331 e. The molecule has 1 amide bonds. The third-order valence-corrected chi connectivity index (χ3v) is 2.61. The second-order valence-corrected chi connectivity index (χ2v) is 3.90. The lowest BCUT2D eigenvalue weighted by Gasteiger charge is -2.20. The van der Waals surface area contributed by atoms with Gasteiger partial charge in [0.05, 0.1) is 19.3 Å². The molecule has 0 aromatic carbocycles. The highest BCUT2D eigenvalue weighted by atomic mass is 16.5. The lowest BCUT2D eigenvalue weighted by atomic mass is 10.1. The standard InChI is InChI=1S/C10H18N2O4/c1-6(13)8(10(15)16-2)12-9(14)7-4-3-5-11-7/h6-8,11,13H,3-5H2,1-2H3,(H,12,14)/t6-,7-,8-/m0/s1. The van der Waals surface area contributed by atoms with Crippen LogP contribution in [0, 0.1) is 0 Å². The van der Waals surface area contributed by atoms with Crippen molar-refractivity contribution in [1.29, 1.82) is 0 Å². The van der Waals surface area contributed by atoms with Gasteiger partial charge in [0.1, 0.15) is 0 Å². The normalized spacial score (nSPS) is 23.6. The molecule has 1 saturated heterocycles. The lowest BCUT2D eigenvalue weighted by molar-refractivity contribution is -0.148. The number of carbonyl (C=O) groups is 2. The van der Waals surface area contributed by atoms with Crippen LogP contribution in [0.1, 0.15) is 19.8 Å². The Hall–Kier alpha value is -1.14. The van der Waals surface area contributed by atoms with Crippen molar-refractivity contribution in [2.75, 3.05) is 13.7 Å². The van der Waals surface area contributed by atoms with Gasteiger partial charge in [0.25, 0.3) is 0 Å². The van der Waals surface area contributed by atoms with Crippen LogP contribution in [-0.2, 0) is 14.3 Å². The monoisotopic (exact) mass is 230 g/mol. The number of esters is 1. The quantitative estimate of drug-likeness (QED) is 0.527. The fourth-order valence-electron chi connectivity index (χ4n) is 1.67. The summed E-state index contributed by atoms with van der Waals surface area (Å²) < 4.78 is 4.50. The van der Waals surface area contributed by atoms with E-state index in [-0.39, 0.29) is 11.9 Å². The van der Waals surface area contributed by atoms with Crippen molar-refractivity contribution in [1.82, 2.24) is 10.6 Å². The Morgan fingerprint density at radius 2 is 2.25 bits per heavy atom. The van der Waals surface area contributed by atoms with Crippen LogP contribution in [0.2, 0.25) is 0 Å². The number of methoxy groups -OCH3 is 1. The van der Waals surface area contributed by atoms with Gasteiger partial charge in [0.2, 0.25) is 5.91 Å². The van der Waals surface area contributed by atoms with Gasteiger partial charge in [0, 0.05) is 0 Å². The molecule has 1 rings (SSSR count). The molecule has 16 heavy (non-hydrogen) atoms. The molecule has 6 heteroatoms. The van der Waals surface area contributed by atoms with Gasteiger partial charge in [-0.15, -0.1) is 0 Å². The Morgan fingerprint density at radius 3 is 2.69 bits per heavy atom. The average molecular weight is 230 g/mol. The molecule has 1 fully saturated rings. The van der Waals surface area contributed by atoms with Gasteiger partial charge in [-0.2, -0.15) is 0 Å². The minimum absolute atomic E-state index is 0.270. The molecule has 0 unspecified atom stereocenters. The predicted molar refractivity (Wildman–Crippen MR) is 56.7 cm³/mol. The van der Waals surface area contributed by atoms with Gasteiger partial charge < -0.3 is 20.5 Å². The van der Waals surface area contributed by atoms with E-state index in [2.05, 4.69) is 15.4 Å². The van der Waals surface area contributed by atoms with E-state index in [1.165, 1.54) is 14.0 Å². The van der Waals surface area contributed by atoms with Crippen molar-refractivity contribution in [3.63, 3.8) is 0 Å². The van der Waals surface area contributed by atoms with Crippen LogP contribution in [0.15, 0.2) is 0 Å². The number of carbonyl (C=O) groups excluding carboxylic acids is 2. The molecule has 1 aliphatic rings. The highest BCUT2D eigenvalue weighted by Gasteiger charge is 2.30. The Balaban J connectivity index is 2.53. The number of nitrogens with one attached hydrogen (secondary N) is 2. The minimum atomic E-state index is -1.00. The summed E-state index contributed by atoms with van der Waals surface area (Å²) in [4.78, 5) is 23.0. The van der Waals surface area contributed by atoms with E-state index in [0.717, 1.165) is 19.4 Å². The summed E-state index contributed by atoms with van der Waals surface area (Å²) >= 11 is 0. The number of hydrogen-bond donors (Lipinski definition) is 3. The molecule has 0 aromatic rings. The molecule has 0 spiro atoms. The molecule has 0 radical (unpaired) electrons. The van der Waals surface area contributed by atoms with Crippen LogP contribution in [0.4, 0.5) is 0 Å². The van der Waals surface area contributed by atoms with Gasteiger partial charge in [-0.3, -0.25) is 4.79 Å². The topological polar surface area (TPSA) is 87.7 Å². The Morgan fingerprint density at radius 1 is 1.56 bits per heavy atom. The predicted octanol–water partition coefficient (Wildman–Crippen LogP) is -1.22. The first-order valence-electron chi connectivity index (χ1n) is 5.36. The summed E-state index contributed by atoms with van der Waals surface area (Å²) in [6, 6.07) is -1.27. The van der Waals surface area contributed by atoms with Crippen LogP contribution in [0.25, 0.3) is 0 Å². The van der Waals surface area contributed by atoms with Crippen LogP contribution < -0.4 is 10.6 Å². The van der Waals surface area contributed by atoms with E-state index >= 15 is 0 Å². The maximum absolute atomic E-state index is 11.7. The van der Waals surface area contributed by atoms with Crippen molar-refractivity contribution >= 4 is 11.9 Å². The highest BCUT2D eigenvalue weighted by molar-refractivity contribution is 5.88. The molecular formula is C10H18N2O4. The van der Waals surface area contributed by atoms with Crippen LogP contribution in [-0.4, -0.2) is 48.8 Å². The Labute approximate surface area is 94.3 Å². The molecule has 1 aliphatic heterocycles. The largest absolute Gasteiger partial charge is 0.467 e. The van der Waals surface area contributed by atoms with E-state index in [1.54, 1.807) is 0 Å². The smallest absolute Gasteiger partial charge is 0.331 e. The van der Waals surface area contributed by atoms with Gasteiger partial charge in [-0.05, 0) is 26.3 Å². The second kappa shape index (κ2) is 5.81. The lowest BCUT2D eigenvalue weighted by Crippen LogP contribution is -2.52. The van der Waals surface area contributed by atoms with Crippen molar-refractivity contribution in [3.8, 4) is 0 Å². The fraction of sp³-hybridized carbons (Fsp3) is 0.800. The zero-order chi connectivity index (χ0) is 12.1. The first-order valence-corrected chi connectivity index (χ1v) is 5.36. The SMILES string of the molecule is COC(=O)[C@@H](NC(=O)[C@@H]1CCCN1)[C@H](C)O. The van der Waals surface area contributed by atoms with Crippen molar-refractivity contribution in [2.24, 2.45) is 0 Å². The van der Waals surface area contributed by atoms with Gasteiger partial charge in [-0.1, -0.05) is 0 Å². The number of hydrogen-bond acceptors (Lipinski definition) is 5. The van der Waals surface area contributed by atoms with E-state index < -0.39 is 18.1 Å². The molecule has 6 nitrogen and oxygen atoms in total. The van der Waals surface area contributed by atoms with Crippen LogP contribution in [0.5, 0.6) is 0 Å². The Bertz CT molecular complexity index is 262. The van der Waals surface area contributed by atoms with Gasteiger partial charge in [0.15, 0.2) is 6.04 Å². The molecule has 92 valence electrons. The number of amides is 1. The zero-order valence-corrected chi connectivity index (χ0v) is 9.53. The highest BCUT2D eigenvalue weighted by Crippen LogP contribution is 2.06. The van der Waals surface area contributed by atoms with E-state index in [0.29, 0.717) is 0 Å². The van der Waals surface area contributed by atoms with Crippen molar-refractivity contribution in [2.45, 2.75) is 38.0 Å². The van der Waals surface area contributed by atoms with E-state index in [1.807, 2.05) is 0 Å². The minimum Gasteiger partial charge on any atom is -0.467 e.